The van der Waals surface area contributed by atoms with E-state index >= 15 is 0 Å². The highest BCUT2D eigenvalue weighted by atomic mass is 16.5. The van der Waals surface area contributed by atoms with Gasteiger partial charge in [-0.15, -0.1) is 0 Å². The van der Waals surface area contributed by atoms with Gasteiger partial charge in [0.05, 0.1) is 6.10 Å². The summed E-state index contributed by atoms with van der Waals surface area (Å²) in [5, 5.41) is 6.27. The number of hydrogen-bond acceptors (Lipinski definition) is 3. The van der Waals surface area contributed by atoms with Gasteiger partial charge in [-0.1, -0.05) is 0 Å². The van der Waals surface area contributed by atoms with Crippen LogP contribution in [0.25, 0.3) is 0 Å². The second kappa shape index (κ2) is 6.21. The Bertz CT molecular complexity index is 223. The lowest BCUT2D eigenvalue weighted by Gasteiger charge is -2.10. The zero-order valence-corrected chi connectivity index (χ0v) is 9.84. The SMILES string of the molecule is O=C(NCCNCCC1CCCO1)C1CC1. The van der Waals surface area contributed by atoms with Crippen molar-refractivity contribution < 1.29 is 9.53 Å². The van der Waals surface area contributed by atoms with E-state index in [1.807, 2.05) is 0 Å². The molecule has 0 bridgehead atoms. The van der Waals surface area contributed by atoms with Gasteiger partial charge in [0.15, 0.2) is 0 Å². The molecule has 0 spiro atoms. The average Bonchev–Trinajstić information content (AvgIpc) is 3.02. The van der Waals surface area contributed by atoms with E-state index in [1.54, 1.807) is 0 Å². The Labute approximate surface area is 97.1 Å². The summed E-state index contributed by atoms with van der Waals surface area (Å²) in [5.74, 6) is 0.563. The lowest BCUT2D eigenvalue weighted by Crippen LogP contribution is -2.33. The van der Waals surface area contributed by atoms with Gasteiger partial charge in [-0.25, -0.2) is 0 Å². The van der Waals surface area contributed by atoms with Crippen molar-refractivity contribution in [3.8, 4) is 0 Å². The van der Waals surface area contributed by atoms with E-state index < -0.39 is 0 Å². The number of amides is 1. The van der Waals surface area contributed by atoms with E-state index in [9.17, 15) is 4.79 Å². The largest absolute Gasteiger partial charge is 0.378 e. The quantitative estimate of drug-likeness (QED) is 0.627. The van der Waals surface area contributed by atoms with Crippen LogP contribution < -0.4 is 10.6 Å². The fraction of sp³-hybridized carbons (Fsp3) is 0.917. The van der Waals surface area contributed by atoms with Crippen LogP contribution in [0.4, 0.5) is 0 Å². The molecule has 1 aliphatic heterocycles. The lowest BCUT2D eigenvalue weighted by atomic mass is 10.2. The Hall–Kier alpha value is -0.610. The molecule has 92 valence electrons. The van der Waals surface area contributed by atoms with Crippen LogP contribution in [-0.2, 0) is 9.53 Å². The predicted octanol–water partition coefficient (Wildman–Crippen LogP) is 0.671. The van der Waals surface area contributed by atoms with Crippen LogP contribution in [0.1, 0.15) is 32.1 Å². The van der Waals surface area contributed by atoms with Gasteiger partial charge >= 0.3 is 0 Å². The summed E-state index contributed by atoms with van der Waals surface area (Å²) < 4.78 is 5.53. The van der Waals surface area contributed by atoms with Gasteiger partial charge < -0.3 is 15.4 Å². The third-order valence-corrected chi connectivity index (χ3v) is 3.22. The molecule has 0 radical (unpaired) electrons. The van der Waals surface area contributed by atoms with Crippen molar-refractivity contribution in [2.45, 2.75) is 38.2 Å². The van der Waals surface area contributed by atoms with Gasteiger partial charge in [-0.2, -0.15) is 0 Å². The number of carbonyl (C=O) groups is 1. The number of ether oxygens (including phenoxy) is 1. The summed E-state index contributed by atoms with van der Waals surface area (Å²) in [6.45, 7) is 3.54. The van der Waals surface area contributed by atoms with E-state index in [0.717, 1.165) is 45.5 Å². The van der Waals surface area contributed by atoms with Crippen LogP contribution >= 0.6 is 0 Å². The summed E-state index contributed by atoms with van der Waals surface area (Å²) in [6, 6.07) is 0. The van der Waals surface area contributed by atoms with Crippen LogP contribution in [0.3, 0.4) is 0 Å². The van der Waals surface area contributed by atoms with Crippen molar-refractivity contribution in [3.05, 3.63) is 0 Å². The van der Waals surface area contributed by atoms with E-state index in [1.165, 1.54) is 12.8 Å². The van der Waals surface area contributed by atoms with Crippen molar-refractivity contribution in [1.29, 1.82) is 0 Å². The van der Waals surface area contributed by atoms with Crippen molar-refractivity contribution in [2.75, 3.05) is 26.2 Å². The van der Waals surface area contributed by atoms with Crippen LogP contribution in [0.15, 0.2) is 0 Å². The molecule has 0 aromatic heterocycles. The fourth-order valence-electron chi connectivity index (χ4n) is 2.02. The molecule has 2 rings (SSSR count). The lowest BCUT2D eigenvalue weighted by molar-refractivity contribution is -0.122. The number of rotatable bonds is 7. The molecule has 2 N–H and O–H groups in total. The highest BCUT2D eigenvalue weighted by molar-refractivity contribution is 5.80. The zero-order chi connectivity index (χ0) is 11.2. The Morgan fingerprint density at radius 3 is 2.75 bits per heavy atom. The topological polar surface area (TPSA) is 50.4 Å². The van der Waals surface area contributed by atoms with E-state index in [4.69, 9.17) is 4.74 Å². The van der Waals surface area contributed by atoms with Gasteiger partial charge in [0.25, 0.3) is 0 Å². The van der Waals surface area contributed by atoms with Crippen LogP contribution in [0, 0.1) is 5.92 Å². The summed E-state index contributed by atoms with van der Waals surface area (Å²) in [6.07, 6.45) is 6.14. The van der Waals surface area contributed by atoms with Gasteiger partial charge in [-0.05, 0) is 38.6 Å². The number of nitrogens with one attached hydrogen (secondary N) is 2. The standard InChI is InChI=1S/C12H22N2O2/c15-12(10-3-4-10)14-8-7-13-6-5-11-2-1-9-16-11/h10-11,13H,1-9H2,(H,14,15). The third kappa shape index (κ3) is 4.10. The molecular weight excluding hydrogens is 204 g/mol. The summed E-state index contributed by atoms with van der Waals surface area (Å²) in [5.41, 5.74) is 0. The molecule has 1 amide bonds. The van der Waals surface area contributed by atoms with E-state index in [0.29, 0.717) is 12.0 Å². The monoisotopic (exact) mass is 226 g/mol. The molecule has 1 unspecified atom stereocenters. The minimum Gasteiger partial charge on any atom is -0.378 e. The molecular formula is C12H22N2O2. The zero-order valence-electron chi connectivity index (χ0n) is 9.84. The number of carbonyl (C=O) groups excluding carboxylic acids is 1. The Balaban J connectivity index is 1.38. The van der Waals surface area contributed by atoms with Gasteiger partial charge in [0.2, 0.25) is 5.91 Å². The van der Waals surface area contributed by atoms with Crippen LogP contribution in [0.2, 0.25) is 0 Å². The molecule has 2 aliphatic rings. The molecule has 4 nitrogen and oxygen atoms in total. The molecule has 1 saturated heterocycles. The highest BCUT2D eigenvalue weighted by Gasteiger charge is 2.28. The first-order chi connectivity index (χ1) is 7.86. The third-order valence-electron chi connectivity index (χ3n) is 3.22. The minimum absolute atomic E-state index is 0.237. The summed E-state index contributed by atoms with van der Waals surface area (Å²) in [7, 11) is 0. The predicted molar refractivity (Wildman–Crippen MR) is 62.2 cm³/mol. The second-order valence-corrected chi connectivity index (χ2v) is 4.74. The summed E-state index contributed by atoms with van der Waals surface area (Å²) in [4.78, 5) is 11.3. The minimum atomic E-state index is 0.237. The normalized spacial score (nSPS) is 24.6. The molecule has 1 atom stereocenters. The Morgan fingerprint density at radius 1 is 1.19 bits per heavy atom. The maximum Gasteiger partial charge on any atom is 0.223 e. The average molecular weight is 226 g/mol. The molecule has 0 aromatic carbocycles. The van der Waals surface area contributed by atoms with E-state index in [2.05, 4.69) is 10.6 Å². The molecule has 1 aliphatic carbocycles. The number of hydrogen-bond donors (Lipinski definition) is 2. The van der Waals surface area contributed by atoms with Gasteiger partial charge in [-0.3, -0.25) is 4.79 Å². The first-order valence-corrected chi connectivity index (χ1v) is 6.46. The van der Waals surface area contributed by atoms with E-state index in [-0.39, 0.29) is 5.91 Å². The summed E-state index contributed by atoms with van der Waals surface area (Å²) >= 11 is 0. The van der Waals surface area contributed by atoms with Crippen LogP contribution in [0.5, 0.6) is 0 Å². The molecule has 16 heavy (non-hydrogen) atoms. The fourth-order valence-corrected chi connectivity index (χ4v) is 2.02. The van der Waals surface area contributed by atoms with Crippen molar-refractivity contribution in [2.24, 2.45) is 5.92 Å². The second-order valence-electron chi connectivity index (χ2n) is 4.74. The maximum atomic E-state index is 11.3. The first kappa shape index (κ1) is 11.9. The maximum absolute atomic E-state index is 11.3. The smallest absolute Gasteiger partial charge is 0.223 e. The molecule has 0 aromatic rings. The first-order valence-electron chi connectivity index (χ1n) is 6.46. The van der Waals surface area contributed by atoms with Crippen molar-refractivity contribution in [1.82, 2.24) is 10.6 Å². The van der Waals surface area contributed by atoms with Crippen molar-refractivity contribution in [3.63, 3.8) is 0 Å². The van der Waals surface area contributed by atoms with Crippen molar-refractivity contribution >= 4 is 5.91 Å². The molecule has 2 fully saturated rings. The molecule has 1 saturated carbocycles. The Morgan fingerprint density at radius 2 is 2.06 bits per heavy atom. The van der Waals surface area contributed by atoms with Crippen LogP contribution in [-0.4, -0.2) is 38.3 Å². The molecule has 4 heteroatoms. The molecule has 1 heterocycles. The van der Waals surface area contributed by atoms with Gasteiger partial charge in [0, 0.05) is 25.6 Å². The Kier molecular flexibility index (Phi) is 4.60. The highest BCUT2D eigenvalue weighted by Crippen LogP contribution is 2.28. The van der Waals surface area contributed by atoms with Gasteiger partial charge in [0.1, 0.15) is 0 Å².